The molecule has 0 saturated heterocycles. The molecule has 5 nitrogen and oxygen atoms in total. The van der Waals surface area contributed by atoms with E-state index in [0.717, 1.165) is 5.56 Å². The normalized spacial score (nSPS) is 13.0. The zero-order chi connectivity index (χ0) is 15.9. The lowest BCUT2D eigenvalue weighted by molar-refractivity contribution is -0.147. The third-order valence-corrected chi connectivity index (χ3v) is 5.27. The molecule has 0 aliphatic rings. The highest BCUT2D eigenvalue weighted by Crippen LogP contribution is 2.48. The van der Waals surface area contributed by atoms with E-state index in [1.54, 1.807) is 19.1 Å². The second kappa shape index (κ2) is 8.54. The number of hydrogen-bond acceptors (Lipinski definition) is 5. The van der Waals surface area contributed by atoms with Gasteiger partial charge >= 0.3 is 13.6 Å². The SMILES string of the molecule is CCOC(=O)C(Cc1ccc(Cl)cc1)CP(=O)(OC)OC. The number of halogens is 1. The average molecular weight is 335 g/mol. The lowest BCUT2D eigenvalue weighted by Gasteiger charge is -2.20. The Morgan fingerprint density at radius 3 is 2.29 bits per heavy atom. The Morgan fingerprint density at radius 1 is 1.24 bits per heavy atom. The molecular weight excluding hydrogens is 315 g/mol. The van der Waals surface area contributed by atoms with Gasteiger partial charge in [-0.1, -0.05) is 23.7 Å². The van der Waals surface area contributed by atoms with Crippen LogP contribution in [0.1, 0.15) is 12.5 Å². The van der Waals surface area contributed by atoms with Crippen LogP contribution in [-0.2, 0) is 29.6 Å². The molecule has 1 atom stereocenters. The molecule has 0 fully saturated rings. The Bertz CT molecular complexity index is 495. The summed E-state index contributed by atoms with van der Waals surface area (Å²) in [6.07, 6.45) is 0.355. The lowest BCUT2D eigenvalue weighted by Crippen LogP contribution is -2.24. The van der Waals surface area contributed by atoms with E-state index in [-0.39, 0.29) is 12.8 Å². The molecule has 0 amide bonds. The quantitative estimate of drug-likeness (QED) is 0.537. The Labute approximate surface area is 130 Å². The Kier molecular flexibility index (Phi) is 7.40. The van der Waals surface area contributed by atoms with Crippen molar-refractivity contribution in [1.82, 2.24) is 0 Å². The number of hydrogen-bond donors (Lipinski definition) is 0. The van der Waals surface area contributed by atoms with Crippen LogP contribution in [0.2, 0.25) is 5.02 Å². The molecule has 1 unspecified atom stereocenters. The first-order valence-corrected chi connectivity index (χ1v) is 8.66. The number of ether oxygens (including phenoxy) is 1. The van der Waals surface area contributed by atoms with Crippen LogP contribution < -0.4 is 0 Å². The van der Waals surface area contributed by atoms with Gasteiger partial charge in [0.1, 0.15) is 0 Å². The van der Waals surface area contributed by atoms with E-state index in [1.165, 1.54) is 14.2 Å². The number of esters is 1. The van der Waals surface area contributed by atoms with Crippen molar-refractivity contribution < 1.29 is 23.1 Å². The predicted molar refractivity (Wildman–Crippen MR) is 81.8 cm³/mol. The van der Waals surface area contributed by atoms with Gasteiger partial charge in [-0.05, 0) is 31.0 Å². The zero-order valence-electron chi connectivity index (χ0n) is 12.4. The number of carbonyl (C=O) groups is 1. The molecule has 1 aromatic rings. The molecular formula is C14H20ClO5P. The summed E-state index contributed by atoms with van der Waals surface area (Å²) < 4.78 is 27.1. The fraction of sp³-hybridized carbons (Fsp3) is 0.500. The van der Waals surface area contributed by atoms with E-state index in [0.29, 0.717) is 11.4 Å². The monoisotopic (exact) mass is 334 g/mol. The van der Waals surface area contributed by atoms with E-state index in [2.05, 4.69) is 0 Å². The minimum absolute atomic E-state index is 0.0263. The van der Waals surface area contributed by atoms with Crippen LogP contribution >= 0.6 is 19.2 Å². The minimum Gasteiger partial charge on any atom is -0.466 e. The van der Waals surface area contributed by atoms with Crippen molar-refractivity contribution in [2.45, 2.75) is 13.3 Å². The fourth-order valence-corrected chi connectivity index (χ4v) is 3.27. The summed E-state index contributed by atoms with van der Waals surface area (Å²) in [7, 11) is -0.687. The minimum atomic E-state index is -3.29. The van der Waals surface area contributed by atoms with Crippen LogP contribution in [0.3, 0.4) is 0 Å². The van der Waals surface area contributed by atoms with Crippen LogP contribution in [-0.4, -0.2) is 33.0 Å². The van der Waals surface area contributed by atoms with Gasteiger partial charge in [0.2, 0.25) is 0 Å². The van der Waals surface area contributed by atoms with Gasteiger partial charge < -0.3 is 13.8 Å². The second-order valence-corrected chi connectivity index (χ2v) is 7.19. The zero-order valence-corrected chi connectivity index (χ0v) is 14.0. The van der Waals surface area contributed by atoms with Crippen molar-refractivity contribution in [1.29, 1.82) is 0 Å². The number of benzene rings is 1. The lowest BCUT2D eigenvalue weighted by atomic mass is 10.0. The highest BCUT2D eigenvalue weighted by atomic mass is 35.5. The van der Waals surface area contributed by atoms with Crippen LogP contribution in [0.25, 0.3) is 0 Å². The average Bonchev–Trinajstić information content (AvgIpc) is 2.49. The molecule has 21 heavy (non-hydrogen) atoms. The third-order valence-electron chi connectivity index (χ3n) is 3.02. The molecule has 7 heteroatoms. The van der Waals surface area contributed by atoms with Gasteiger partial charge in [0.15, 0.2) is 0 Å². The van der Waals surface area contributed by atoms with E-state index < -0.39 is 19.5 Å². The number of carbonyl (C=O) groups excluding carboxylic acids is 1. The van der Waals surface area contributed by atoms with E-state index in [4.69, 9.17) is 25.4 Å². The molecule has 0 N–H and O–H groups in total. The predicted octanol–water partition coefficient (Wildman–Crippen LogP) is 3.55. The molecule has 0 heterocycles. The highest BCUT2D eigenvalue weighted by Gasteiger charge is 2.32. The summed E-state index contributed by atoms with van der Waals surface area (Å²) in [5, 5.41) is 0.617. The molecule has 0 aliphatic heterocycles. The molecule has 0 saturated carbocycles. The summed E-state index contributed by atoms with van der Waals surface area (Å²) in [4.78, 5) is 12.0. The van der Waals surface area contributed by atoms with Gasteiger partial charge in [0.05, 0.1) is 18.7 Å². The molecule has 0 radical (unpaired) electrons. The van der Waals surface area contributed by atoms with Crippen LogP contribution in [0.5, 0.6) is 0 Å². The van der Waals surface area contributed by atoms with Crippen molar-refractivity contribution in [3.05, 3.63) is 34.9 Å². The van der Waals surface area contributed by atoms with E-state index >= 15 is 0 Å². The Balaban J connectivity index is 2.89. The largest absolute Gasteiger partial charge is 0.466 e. The second-order valence-electron chi connectivity index (χ2n) is 4.44. The summed E-state index contributed by atoms with van der Waals surface area (Å²) in [6, 6.07) is 7.12. The molecule has 0 spiro atoms. The summed E-state index contributed by atoms with van der Waals surface area (Å²) in [6.45, 7) is 1.99. The molecule has 1 aromatic carbocycles. The first-order valence-electron chi connectivity index (χ1n) is 6.55. The van der Waals surface area contributed by atoms with E-state index in [1.807, 2.05) is 12.1 Å². The molecule has 118 valence electrons. The third kappa shape index (κ3) is 5.79. The maximum Gasteiger partial charge on any atom is 0.331 e. The summed E-state index contributed by atoms with van der Waals surface area (Å²) >= 11 is 5.84. The van der Waals surface area contributed by atoms with Crippen molar-refractivity contribution >= 4 is 25.2 Å². The van der Waals surface area contributed by atoms with Crippen LogP contribution in [0.15, 0.2) is 24.3 Å². The van der Waals surface area contributed by atoms with Gasteiger partial charge in [-0.2, -0.15) is 0 Å². The Hall–Kier alpha value is -0.870. The van der Waals surface area contributed by atoms with Crippen LogP contribution in [0.4, 0.5) is 0 Å². The summed E-state index contributed by atoms with van der Waals surface area (Å²) in [5.41, 5.74) is 0.899. The van der Waals surface area contributed by atoms with Gasteiger partial charge in [0.25, 0.3) is 0 Å². The number of rotatable bonds is 8. The van der Waals surface area contributed by atoms with Crippen molar-refractivity contribution in [3.8, 4) is 0 Å². The first kappa shape index (κ1) is 18.2. The fourth-order valence-electron chi connectivity index (χ4n) is 1.88. The standard InChI is InChI=1S/C14H20ClO5P/c1-4-20-14(16)12(10-21(17,18-2)19-3)9-11-5-7-13(15)8-6-11/h5-8,12H,4,9-10H2,1-3H3. The van der Waals surface area contributed by atoms with Gasteiger partial charge in [-0.15, -0.1) is 0 Å². The van der Waals surface area contributed by atoms with Gasteiger partial charge in [-0.25, -0.2) is 0 Å². The first-order chi connectivity index (χ1) is 9.94. The highest BCUT2D eigenvalue weighted by molar-refractivity contribution is 7.53. The molecule has 0 aliphatic carbocycles. The van der Waals surface area contributed by atoms with Crippen molar-refractivity contribution in [2.24, 2.45) is 5.92 Å². The van der Waals surface area contributed by atoms with Crippen molar-refractivity contribution in [2.75, 3.05) is 27.0 Å². The molecule has 0 bridgehead atoms. The Morgan fingerprint density at radius 2 is 1.81 bits per heavy atom. The van der Waals surface area contributed by atoms with E-state index in [9.17, 15) is 9.36 Å². The molecule has 0 aromatic heterocycles. The van der Waals surface area contributed by atoms with Gasteiger partial charge in [0, 0.05) is 19.2 Å². The maximum atomic E-state index is 12.2. The van der Waals surface area contributed by atoms with Crippen LogP contribution in [0, 0.1) is 5.92 Å². The molecule has 1 rings (SSSR count). The van der Waals surface area contributed by atoms with Crippen molar-refractivity contribution in [3.63, 3.8) is 0 Å². The maximum absolute atomic E-state index is 12.2. The topological polar surface area (TPSA) is 61.8 Å². The summed E-state index contributed by atoms with van der Waals surface area (Å²) in [5.74, 6) is -1.02. The van der Waals surface area contributed by atoms with Gasteiger partial charge in [-0.3, -0.25) is 9.36 Å². The smallest absolute Gasteiger partial charge is 0.331 e.